The fraction of sp³-hybridized carbons (Fsp3) is 0.333. The molecule has 0 saturated carbocycles. The maximum Gasteiger partial charge on any atom is 0.258 e. The molecule has 2 rings (SSSR count). The molecule has 1 atom stereocenters. The van der Waals surface area contributed by atoms with E-state index < -0.39 is 6.04 Å². The lowest BCUT2D eigenvalue weighted by molar-refractivity contribution is 0.260. The molecule has 3 N–H and O–H groups in total. The van der Waals surface area contributed by atoms with Gasteiger partial charge < -0.3 is 15.4 Å². The molecule has 0 bridgehead atoms. The van der Waals surface area contributed by atoms with E-state index in [-0.39, 0.29) is 6.61 Å². The zero-order valence-electron chi connectivity index (χ0n) is 9.84. The quantitative estimate of drug-likeness (QED) is 0.835. The van der Waals surface area contributed by atoms with Crippen LogP contribution in [0.3, 0.4) is 0 Å². The van der Waals surface area contributed by atoms with Crippen LogP contribution in [0.2, 0.25) is 0 Å². The van der Waals surface area contributed by atoms with Crippen molar-refractivity contribution in [3.63, 3.8) is 0 Å². The summed E-state index contributed by atoms with van der Waals surface area (Å²) in [6, 6.07) is 5.41. The lowest BCUT2D eigenvalue weighted by atomic mass is 10.1. The Morgan fingerprint density at radius 3 is 2.88 bits per heavy atom. The number of hydrogen-bond donors (Lipinski definition) is 2. The zero-order chi connectivity index (χ0) is 12.4. The van der Waals surface area contributed by atoms with E-state index >= 15 is 0 Å². The van der Waals surface area contributed by atoms with Gasteiger partial charge >= 0.3 is 0 Å². The highest BCUT2D eigenvalue weighted by Crippen LogP contribution is 2.23. The maximum absolute atomic E-state index is 8.92. The Kier molecular flexibility index (Phi) is 3.21. The summed E-state index contributed by atoms with van der Waals surface area (Å²) in [7, 11) is 0. The molecule has 1 unspecified atom stereocenters. The number of aliphatic hydroxyl groups is 1. The summed E-state index contributed by atoms with van der Waals surface area (Å²) < 4.78 is 5.16. The Bertz CT molecular complexity index is 522. The van der Waals surface area contributed by atoms with Gasteiger partial charge in [-0.25, -0.2) is 0 Å². The van der Waals surface area contributed by atoms with E-state index in [4.69, 9.17) is 15.4 Å². The van der Waals surface area contributed by atoms with E-state index in [1.807, 2.05) is 32.0 Å². The summed E-state index contributed by atoms with van der Waals surface area (Å²) in [5.41, 5.74) is 8.70. The van der Waals surface area contributed by atoms with Gasteiger partial charge in [-0.05, 0) is 25.5 Å². The minimum atomic E-state index is -0.599. The molecule has 2 aromatic rings. The molecule has 1 aromatic carbocycles. The van der Waals surface area contributed by atoms with Crippen LogP contribution in [-0.2, 0) is 0 Å². The van der Waals surface area contributed by atoms with Crippen molar-refractivity contribution in [3.05, 3.63) is 35.2 Å². The van der Waals surface area contributed by atoms with Crippen LogP contribution in [0.5, 0.6) is 0 Å². The van der Waals surface area contributed by atoms with Crippen LogP contribution in [0.4, 0.5) is 0 Å². The highest BCUT2D eigenvalue weighted by atomic mass is 16.5. The first-order chi connectivity index (χ1) is 8.11. The number of aromatic nitrogens is 2. The van der Waals surface area contributed by atoms with Gasteiger partial charge in [0.1, 0.15) is 0 Å². The van der Waals surface area contributed by atoms with Gasteiger partial charge in [-0.15, -0.1) is 0 Å². The van der Waals surface area contributed by atoms with Crippen LogP contribution in [-0.4, -0.2) is 21.9 Å². The molecule has 0 aliphatic carbocycles. The molecule has 0 radical (unpaired) electrons. The van der Waals surface area contributed by atoms with Gasteiger partial charge in [-0.1, -0.05) is 22.9 Å². The standard InChI is InChI=1S/C12H15N3O2/c1-7-3-4-8(2)9(5-7)12-14-11(15-17-12)10(13)6-16/h3-5,10,16H,6,13H2,1-2H3. The highest BCUT2D eigenvalue weighted by molar-refractivity contribution is 5.59. The van der Waals surface area contributed by atoms with E-state index in [1.165, 1.54) is 0 Å². The zero-order valence-corrected chi connectivity index (χ0v) is 9.84. The van der Waals surface area contributed by atoms with Gasteiger partial charge in [0.2, 0.25) is 0 Å². The molecule has 0 aliphatic heterocycles. The molecule has 5 heteroatoms. The van der Waals surface area contributed by atoms with Gasteiger partial charge in [0.15, 0.2) is 5.82 Å². The molecule has 0 aliphatic rings. The number of aliphatic hydroxyl groups excluding tert-OH is 1. The smallest absolute Gasteiger partial charge is 0.258 e. The normalized spacial score (nSPS) is 12.7. The average molecular weight is 233 g/mol. The van der Waals surface area contributed by atoms with Crippen molar-refractivity contribution < 1.29 is 9.63 Å². The van der Waals surface area contributed by atoms with Gasteiger partial charge in [0.25, 0.3) is 5.89 Å². The number of nitrogens with zero attached hydrogens (tertiary/aromatic N) is 2. The van der Waals surface area contributed by atoms with Crippen molar-refractivity contribution in [1.82, 2.24) is 10.1 Å². The summed E-state index contributed by atoms with van der Waals surface area (Å²) >= 11 is 0. The van der Waals surface area contributed by atoms with Gasteiger partial charge in [0, 0.05) is 5.56 Å². The van der Waals surface area contributed by atoms with Crippen molar-refractivity contribution in [1.29, 1.82) is 0 Å². The molecule has 0 amide bonds. The lowest BCUT2D eigenvalue weighted by Gasteiger charge is -2.02. The van der Waals surface area contributed by atoms with Crippen molar-refractivity contribution in [2.75, 3.05) is 6.61 Å². The summed E-state index contributed by atoms with van der Waals surface area (Å²) in [5.74, 6) is 0.758. The van der Waals surface area contributed by atoms with E-state index in [9.17, 15) is 0 Å². The van der Waals surface area contributed by atoms with Gasteiger partial charge in [-0.3, -0.25) is 0 Å². The third-order valence-corrected chi connectivity index (χ3v) is 2.59. The van der Waals surface area contributed by atoms with Crippen LogP contribution in [0.25, 0.3) is 11.5 Å². The van der Waals surface area contributed by atoms with Crippen molar-refractivity contribution >= 4 is 0 Å². The number of nitrogens with two attached hydrogens (primary N) is 1. The second kappa shape index (κ2) is 4.65. The number of aryl methyl sites for hydroxylation is 2. The van der Waals surface area contributed by atoms with Crippen LogP contribution in [0.15, 0.2) is 22.7 Å². The van der Waals surface area contributed by atoms with Crippen LogP contribution >= 0.6 is 0 Å². The largest absolute Gasteiger partial charge is 0.394 e. The lowest BCUT2D eigenvalue weighted by Crippen LogP contribution is -2.15. The first kappa shape index (κ1) is 11.8. The minimum Gasteiger partial charge on any atom is -0.394 e. The number of hydrogen-bond acceptors (Lipinski definition) is 5. The van der Waals surface area contributed by atoms with Gasteiger partial charge in [0.05, 0.1) is 12.6 Å². The Labute approximate surface area is 99.3 Å². The molecule has 5 nitrogen and oxygen atoms in total. The number of benzene rings is 1. The third kappa shape index (κ3) is 2.35. The molecule has 1 heterocycles. The second-order valence-electron chi connectivity index (χ2n) is 4.07. The summed E-state index contributed by atoms with van der Waals surface area (Å²) in [6.07, 6.45) is 0. The van der Waals surface area contributed by atoms with Crippen molar-refractivity contribution in [3.8, 4) is 11.5 Å². The molecule has 90 valence electrons. The van der Waals surface area contributed by atoms with Crippen LogP contribution in [0, 0.1) is 13.8 Å². The fourth-order valence-electron chi connectivity index (χ4n) is 1.54. The highest BCUT2D eigenvalue weighted by Gasteiger charge is 2.15. The molecular formula is C12H15N3O2. The maximum atomic E-state index is 8.92. The average Bonchev–Trinajstić information content (AvgIpc) is 2.80. The predicted octanol–water partition coefficient (Wildman–Crippen LogP) is 1.35. The Balaban J connectivity index is 2.40. The summed E-state index contributed by atoms with van der Waals surface area (Å²) in [6.45, 7) is 3.77. The van der Waals surface area contributed by atoms with Crippen LogP contribution < -0.4 is 5.73 Å². The Morgan fingerprint density at radius 2 is 2.18 bits per heavy atom. The van der Waals surface area contributed by atoms with E-state index in [1.54, 1.807) is 0 Å². The van der Waals surface area contributed by atoms with E-state index in [2.05, 4.69) is 10.1 Å². The number of rotatable bonds is 3. The fourth-order valence-corrected chi connectivity index (χ4v) is 1.54. The van der Waals surface area contributed by atoms with Crippen molar-refractivity contribution in [2.24, 2.45) is 5.73 Å². The molecule has 0 fully saturated rings. The first-order valence-electron chi connectivity index (χ1n) is 5.39. The minimum absolute atomic E-state index is 0.203. The SMILES string of the molecule is Cc1ccc(C)c(-c2nc(C(N)CO)no2)c1. The first-order valence-corrected chi connectivity index (χ1v) is 5.39. The van der Waals surface area contributed by atoms with E-state index in [0.29, 0.717) is 11.7 Å². The Morgan fingerprint density at radius 1 is 1.41 bits per heavy atom. The van der Waals surface area contributed by atoms with Gasteiger partial charge in [-0.2, -0.15) is 4.98 Å². The molecule has 17 heavy (non-hydrogen) atoms. The molecule has 1 aromatic heterocycles. The summed E-state index contributed by atoms with van der Waals surface area (Å²) in [5, 5.41) is 12.7. The second-order valence-corrected chi connectivity index (χ2v) is 4.07. The van der Waals surface area contributed by atoms with Crippen molar-refractivity contribution in [2.45, 2.75) is 19.9 Å². The molecular weight excluding hydrogens is 218 g/mol. The Hall–Kier alpha value is -1.72. The van der Waals surface area contributed by atoms with Crippen LogP contribution in [0.1, 0.15) is 23.0 Å². The van der Waals surface area contributed by atoms with E-state index in [0.717, 1.165) is 16.7 Å². The monoisotopic (exact) mass is 233 g/mol. The topological polar surface area (TPSA) is 85.2 Å². The predicted molar refractivity (Wildman–Crippen MR) is 63.2 cm³/mol. The summed E-state index contributed by atoms with van der Waals surface area (Å²) in [4.78, 5) is 4.19. The molecule has 0 spiro atoms. The third-order valence-electron chi connectivity index (χ3n) is 2.59. The molecule has 0 saturated heterocycles.